The molecule has 5 nitrogen and oxygen atoms in total. The Balaban J connectivity index is 1.66. The van der Waals surface area contributed by atoms with Crippen LogP contribution < -0.4 is 5.32 Å². The zero-order chi connectivity index (χ0) is 17.5. The molecule has 0 saturated carbocycles. The second-order valence-electron chi connectivity index (χ2n) is 6.41. The number of nitrogens with zero attached hydrogens (tertiary/aromatic N) is 2. The van der Waals surface area contributed by atoms with Crippen molar-refractivity contribution >= 4 is 5.91 Å². The number of amides is 1. The molecule has 1 atom stereocenters. The van der Waals surface area contributed by atoms with Crippen molar-refractivity contribution in [3.63, 3.8) is 0 Å². The lowest BCUT2D eigenvalue weighted by molar-refractivity contribution is -0.181. The molecule has 1 aliphatic heterocycles. The lowest BCUT2D eigenvalue weighted by atomic mass is 9.98. The summed E-state index contributed by atoms with van der Waals surface area (Å²) in [7, 11) is 0. The molecule has 1 amide bonds. The summed E-state index contributed by atoms with van der Waals surface area (Å²) in [6.45, 7) is 4.34. The number of hydrogen-bond donors (Lipinski definition) is 1. The van der Waals surface area contributed by atoms with Gasteiger partial charge in [0.2, 0.25) is 5.91 Å². The summed E-state index contributed by atoms with van der Waals surface area (Å²) in [5, 5.41) is 5.06. The van der Waals surface area contributed by atoms with Gasteiger partial charge in [0.1, 0.15) is 0 Å². The Morgan fingerprint density at radius 1 is 1.16 bits per heavy atom. The first-order valence-corrected chi connectivity index (χ1v) is 8.86. The van der Waals surface area contributed by atoms with E-state index in [0.717, 1.165) is 37.1 Å². The number of hydrogen-bond acceptors (Lipinski definition) is 4. The minimum atomic E-state index is -0.168. The van der Waals surface area contributed by atoms with Crippen LogP contribution in [0.3, 0.4) is 0 Å². The van der Waals surface area contributed by atoms with Crippen LogP contribution in [-0.2, 0) is 9.63 Å². The predicted octanol–water partition coefficient (Wildman–Crippen LogP) is 3.01. The summed E-state index contributed by atoms with van der Waals surface area (Å²) in [4.78, 5) is 22.1. The number of rotatable bonds is 6. The largest absolute Gasteiger partial charge is 0.345 e. The van der Waals surface area contributed by atoms with Gasteiger partial charge in [-0.05, 0) is 43.0 Å². The quantitative estimate of drug-likeness (QED) is 0.879. The summed E-state index contributed by atoms with van der Waals surface area (Å²) in [6, 6.07) is 12.0. The number of carbonyl (C=O) groups is 1. The van der Waals surface area contributed by atoms with Crippen LogP contribution in [0, 0.1) is 6.92 Å². The van der Waals surface area contributed by atoms with Crippen molar-refractivity contribution in [2.75, 3.05) is 19.7 Å². The molecule has 1 aromatic carbocycles. The normalized spacial score (nSPS) is 16.4. The Morgan fingerprint density at radius 3 is 2.56 bits per heavy atom. The van der Waals surface area contributed by atoms with Crippen LogP contribution in [0.1, 0.15) is 42.0 Å². The second kappa shape index (κ2) is 8.74. The molecule has 1 N–H and O–H groups in total. The van der Waals surface area contributed by atoms with E-state index in [9.17, 15) is 4.79 Å². The zero-order valence-electron chi connectivity index (χ0n) is 14.6. The molecule has 1 aromatic heterocycles. The SMILES string of the molecule is Cc1ccc([C@@H](NC(=O)CCN2CCCCO2)c2ccncc2)cc1. The highest BCUT2D eigenvalue weighted by molar-refractivity contribution is 5.77. The minimum Gasteiger partial charge on any atom is -0.345 e. The van der Waals surface area contributed by atoms with Gasteiger partial charge in [0.15, 0.2) is 0 Å². The third-order valence-electron chi connectivity index (χ3n) is 4.42. The first-order valence-electron chi connectivity index (χ1n) is 8.86. The third kappa shape index (κ3) is 5.11. The third-order valence-corrected chi connectivity index (χ3v) is 4.42. The van der Waals surface area contributed by atoms with Crippen LogP contribution in [0.2, 0.25) is 0 Å². The average Bonchev–Trinajstić information content (AvgIpc) is 2.67. The Morgan fingerprint density at radius 2 is 1.88 bits per heavy atom. The van der Waals surface area contributed by atoms with Crippen molar-refractivity contribution in [2.24, 2.45) is 0 Å². The number of nitrogens with one attached hydrogen (secondary N) is 1. The summed E-state index contributed by atoms with van der Waals surface area (Å²) >= 11 is 0. The van der Waals surface area contributed by atoms with E-state index in [4.69, 9.17) is 4.84 Å². The molecular formula is C20H25N3O2. The van der Waals surface area contributed by atoms with Gasteiger partial charge in [-0.25, -0.2) is 0 Å². The molecule has 1 fully saturated rings. The number of carbonyl (C=O) groups excluding carboxylic acids is 1. The van der Waals surface area contributed by atoms with Gasteiger partial charge in [0, 0.05) is 31.9 Å². The number of hydroxylamine groups is 2. The molecule has 0 unspecified atom stereocenters. The zero-order valence-corrected chi connectivity index (χ0v) is 14.6. The number of benzene rings is 1. The molecule has 2 heterocycles. The van der Waals surface area contributed by atoms with Crippen LogP contribution in [0.15, 0.2) is 48.8 Å². The maximum Gasteiger partial charge on any atom is 0.222 e. The molecule has 3 rings (SSSR count). The van der Waals surface area contributed by atoms with Crippen molar-refractivity contribution < 1.29 is 9.63 Å². The van der Waals surface area contributed by atoms with E-state index in [1.54, 1.807) is 12.4 Å². The molecule has 5 heteroatoms. The molecule has 25 heavy (non-hydrogen) atoms. The van der Waals surface area contributed by atoms with Gasteiger partial charge in [-0.15, -0.1) is 0 Å². The van der Waals surface area contributed by atoms with Crippen molar-refractivity contribution in [2.45, 2.75) is 32.2 Å². The number of pyridine rings is 1. The lowest BCUT2D eigenvalue weighted by Crippen LogP contribution is -2.35. The van der Waals surface area contributed by atoms with E-state index in [2.05, 4.69) is 41.5 Å². The van der Waals surface area contributed by atoms with E-state index >= 15 is 0 Å². The molecular weight excluding hydrogens is 314 g/mol. The summed E-state index contributed by atoms with van der Waals surface area (Å²) < 4.78 is 0. The molecule has 0 aliphatic carbocycles. The van der Waals surface area contributed by atoms with E-state index in [1.165, 1.54) is 5.56 Å². The molecule has 0 spiro atoms. The van der Waals surface area contributed by atoms with E-state index in [1.807, 2.05) is 17.2 Å². The van der Waals surface area contributed by atoms with Gasteiger partial charge in [-0.1, -0.05) is 29.8 Å². The molecule has 0 radical (unpaired) electrons. The highest BCUT2D eigenvalue weighted by Crippen LogP contribution is 2.22. The Labute approximate surface area is 149 Å². The second-order valence-corrected chi connectivity index (χ2v) is 6.41. The first-order chi connectivity index (χ1) is 12.2. The van der Waals surface area contributed by atoms with E-state index in [0.29, 0.717) is 13.0 Å². The summed E-state index contributed by atoms with van der Waals surface area (Å²) in [6.07, 6.45) is 6.16. The van der Waals surface area contributed by atoms with Gasteiger partial charge >= 0.3 is 0 Å². The van der Waals surface area contributed by atoms with E-state index < -0.39 is 0 Å². The van der Waals surface area contributed by atoms with Gasteiger partial charge in [0.05, 0.1) is 12.6 Å². The maximum absolute atomic E-state index is 12.5. The van der Waals surface area contributed by atoms with Crippen LogP contribution in [0.25, 0.3) is 0 Å². The standard InChI is InChI=1S/C20H25N3O2/c1-16-4-6-17(7-5-16)20(18-8-11-21-12-9-18)22-19(24)10-14-23-13-2-3-15-25-23/h4-9,11-12,20H,2-3,10,13-15H2,1H3,(H,22,24)/t20-/m1/s1. The highest BCUT2D eigenvalue weighted by atomic mass is 16.7. The van der Waals surface area contributed by atoms with Crippen LogP contribution in [0.5, 0.6) is 0 Å². The van der Waals surface area contributed by atoms with Crippen LogP contribution in [-0.4, -0.2) is 35.7 Å². The van der Waals surface area contributed by atoms with Crippen molar-refractivity contribution in [3.05, 3.63) is 65.5 Å². The summed E-state index contributed by atoms with van der Waals surface area (Å²) in [5.41, 5.74) is 3.30. The van der Waals surface area contributed by atoms with Crippen LogP contribution in [0.4, 0.5) is 0 Å². The highest BCUT2D eigenvalue weighted by Gasteiger charge is 2.18. The maximum atomic E-state index is 12.5. The number of aryl methyl sites for hydroxylation is 1. The molecule has 2 aromatic rings. The van der Waals surface area contributed by atoms with Gasteiger partial charge in [0.25, 0.3) is 0 Å². The summed E-state index contributed by atoms with van der Waals surface area (Å²) in [5.74, 6) is 0.0246. The molecule has 132 valence electrons. The Bertz CT molecular complexity index is 667. The Hall–Kier alpha value is -2.24. The monoisotopic (exact) mass is 339 g/mol. The fraction of sp³-hybridized carbons (Fsp3) is 0.400. The molecule has 1 aliphatic rings. The van der Waals surface area contributed by atoms with Crippen molar-refractivity contribution in [1.82, 2.24) is 15.4 Å². The average molecular weight is 339 g/mol. The smallest absolute Gasteiger partial charge is 0.222 e. The lowest BCUT2D eigenvalue weighted by Gasteiger charge is -2.26. The van der Waals surface area contributed by atoms with Crippen LogP contribution >= 0.6 is 0 Å². The first kappa shape index (κ1) is 17.6. The molecule has 0 bridgehead atoms. The van der Waals surface area contributed by atoms with Gasteiger partial charge < -0.3 is 5.32 Å². The Kier molecular flexibility index (Phi) is 6.14. The fourth-order valence-corrected chi connectivity index (χ4v) is 2.96. The minimum absolute atomic E-state index is 0.0246. The van der Waals surface area contributed by atoms with Gasteiger partial charge in [-0.3, -0.25) is 14.6 Å². The van der Waals surface area contributed by atoms with Crippen molar-refractivity contribution in [3.8, 4) is 0 Å². The topological polar surface area (TPSA) is 54.5 Å². The number of aromatic nitrogens is 1. The van der Waals surface area contributed by atoms with Crippen molar-refractivity contribution in [1.29, 1.82) is 0 Å². The van der Waals surface area contributed by atoms with E-state index in [-0.39, 0.29) is 11.9 Å². The molecule has 1 saturated heterocycles. The van der Waals surface area contributed by atoms with Gasteiger partial charge in [-0.2, -0.15) is 5.06 Å². The fourth-order valence-electron chi connectivity index (χ4n) is 2.96. The predicted molar refractivity (Wildman–Crippen MR) is 96.8 cm³/mol.